The van der Waals surface area contributed by atoms with Gasteiger partial charge in [0.05, 0.1) is 5.56 Å². The van der Waals surface area contributed by atoms with Gasteiger partial charge in [0.1, 0.15) is 5.75 Å². The Hall–Kier alpha value is -2.70. The fraction of sp³-hybridized carbons (Fsp3) is 0.316. The minimum atomic E-state index is -4.58. The van der Waals surface area contributed by atoms with Gasteiger partial charge in [-0.2, -0.15) is 13.2 Å². The number of ether oxygens (including phenoxy) is 1. The van der Waals surface area contributed by atoms with Gasteiger partial charge >= 0.3 is 12.1 Å². The largest absolute Gasteiger partial charge is 0.482 e. The number of nitrogen functional groups attached to an aromatic ring is 1. The molecule has 0 aliphatic rings. The van der Waals surface area contributed by atoms with Crippen LogP contribution in [0.15, 0.2) is 36.4 Å². The third-order valence-electron chi connectivity index (χ3n) is 3.92. The van der Waals surface area contributed by atoms with Crippen LogP contribution in [0, 0.1) is 0 Å². The first-order chi connectivity index (χ1) is 12.1. The van der Waals surface area contributed by atoms with E-state index in [1.807, 2.05) is 19.9 Å². The highest BCUT2D eigenvalue weighted by atomic mass is 19.4. The zero-order valence-electron chi connectivity index (χ0n) is 14.4. The van der Waals surface area contributed by atoms with Gasteiger partial charge in [-0.3, -0.25) is 0 Å². The highest BCUT2D eigenvalue weighted by molar-refractivity contribution is 5.68. The van der Waals surface area contributed by atoms with Crippen LogP contribution >= 0.6 is 0 Å². The van der Waals surface area contributed by atoms with E-state index in [2.05, 4.69) is 0 Å². The number of halogens is 3. The van der Waals surface area contributed by atoms with Crippen LogP contribution in [0.5, 0.6) is 5.75 Å². The van der Waals surface area contributed by atoms with Gasteiger partial charge < -0.3 is 15.6 Å². The van der Waals surface area contributed by atoms with Gasteiger partial charge in [0.15, 0.2) is 6.61 Å². The van der Waals surface area contributed by atoms with E-state index in [0.29, 0.717) is 11.3 Å². The molecule has 0 aromatic heterocycles. The first kappa shape index (κ1) is 19.6. The number of alkyl halides is 3. The number of benzene rings is 2. The van der Waals surface area contributed by atoms with Crippen LogP contribution in [0.4, 0.5) is 18.9 Å². The highest BCUT2D eigenvalue weighted by Gasteiger charge is 2.33. The van der Waals surface area contributed by atoms with E-state index in [9.17, 15) is 18.0 Å². The van der Waals surface area contributed by atoms with Crippen molar-refractivity contribution < 1.29 is 27.8 Å². The van der Waals surface area contributed by atoms with E-state index in [1.54, 1.807) is 12.1 Å². The first-order valence-electron chi connectivity index (χ1n) is 8.01. The molecule has 2 aromatic carbocycles. The number of hydrogen-bond acceptors (Lipinski definition) is 3. The van der Waals surface area contributed by atoms with E-state index in [-0.39, 0.29) is 23.7 Å². The zero-order valence-corrected chi connectivity index (χ0v) is 14.4. The van der Waals surface area contributed by atoms with Crippen molar-refractivity contribution >= 4 is 11.7 Å². The summed E-state index contributed by atoms with van der Waals surface area (Å²) in [6.07, 6.45) is -4.50. The van der Waals surface area contributed by atoms with Crippen LogP contribution in [0.1, 0.15) is 42.0 Å². The average molecular weight is 367 g/mol. The quantitative estimate of drug-likeness (QED) is 0.739. The number of aliphatic carboxylic acids is 1. The van der Waals surface area contributed by atoms with E-state index < -0.39 is 24.3 Å². The topological polar surface area (TPSA) is 72.5 Å². The number of nitrogens with two attached hydrogens (primary N) is 1. The van der Waals surface area contributed by atoms with Crippen molar-refractivity contribution in [3.8, 4) is 5.75 Å². The van der Waals surface area contributed by atoms with Gasteiger partial charge in [-0.1, -0.05) is 32.0 Å². The summed E-state index contributed by atoms with van der Waals surface area (Å²) in [6, 6.07) is 8.70. The molecule has 0 amide bonds. The van der Waals surface area contributed by atoms with Crippen molar-refractivity contribution in [3.63, 3.8) is 0 Å². The van der Waals surface area contributed by atoms with Crippen molar-refractivity contribution in [2.45, 2.75) is 32.4 Å². The van der Waals surface area contributed by atoms with Crippen molar-refractivity contribution in [2.24, 2.45) is 0 Å². The summed E-state index contributed by atoms with van der Waals surface area (Å²) in [7, 11) is 0. The van der Waals surface area contributed by atoms with Crippen LogP contribution in [-0.4, -0.2) is 17.7 Å². The Morgan fingerprint density at radius 1 is 1.19 bits per heavy atom. The van der Waals surface area contributed by atoms with Gasteiger partial charge in [-0.25, -0.2) is 4.79 Å². The molecule has 0 bridgehead atoms. The van der Waals surface area contributed by atoms with Crippen molar-refractivity contribution in [1.82, 2.24) is 0 Å². The molecule has 0 unspecified atom stereocenters. The summed E-state index contributed by atoms with van der Waals surface area (Å²) in [5.41, 5.74) is 7.37. The molecule has 0 saturated carbocycles. The Labute approximate surface area is 149 Å². The molecule has 7 heteroatoms. The van der Waals surface area contributed by atoms with Gasteiger partial charge in [0.25, 0.3) is 0 Å². The summed E-state index contributed by atoms with van der Waals surface area (Å²) in [4.78, 5) is 10.5. The molecule has 4 nitrogen and oxygen atoms in total. The summed E-state index contributed by atoms with van der Waals surface area (Å²) in [6.45, 7) is 3.22. The third kappa shape index (κ3) is 4.91. The monoisotopic (exact) mass is 367 g/mol. The van der Waals surface area contributed by atoms with E-state index in [1.165, 1.54) is 12.1 Å². The van der Waals surface area contributed by atoms with Gasteiger partial charge in [0, 0.05) is 5.69 Å². The maximum Gasteiger partial charge on any atom is 0.416 e. The fourth-order valence-electron chi connectivity index (χ4n) is 2.66. The lowest BCUT2D eigenvalue weighted by Crippen LogP contribution is -2.13. The molecule has 0 saturated heterocycles. The maximum atomic E-state index is 13.4. The molecular weight excluding hydrogens is 347 g/mol. The van der Waals surface area contributed by atoms with Crippen molar-refractivity contribution in [2.75, 3.05) is 12.3 Å². The van der Waals surface area contributed by atoms with Gasteiger partial charge in [-0.15, -0.1) is 0 Å². The maximum absolute atomic E-state index is 13.4. The molecule has 0 spiro atoms. The Kier molecular flexibility index (Phi) is 5.79. The molecule has 0 aliphatic carbocycles. The number of anilines is 1. The molecular formula is C19H20F3NO3. The van der Waals surface area contributed by atoms with Crippen LogP contribution in [-0.2, 0) is 17.4 Å². The van der Waals surface area contributed by atoms with Crippen LogP contribution < -0.4 is 10.5 Å². The van der Waals surface area contributed by atoms with Crippen LogP contribution in [0.25, 0.3) is 0 Å². The third-order valence-corrected chi connectivity index (χ3v) is 3.92. The predicted molar refractivity (Wildman–Crippen MR) is 92.3 cm³/mol. The molecule has 0 heterocycles. The van der Waals surface area contributed by atoms with E-state index in [0.717, 1.165) is 11.6 Å². The minimum absolute atomic E-state index is 0.0774. The van der Waals surface area contributed by atoms with Gasteiger partial charge in [0.2, 0.25) is 0 Å². The van der Waals surface area contributed by atoms with Crippen molar-refractivity contribution in [3.05, 3.63) is 58.7 Å². The lowest BCUT2D eigenvalue weighted by atomic mass is 9.94. The predicted octanol–water partition coefficient (Wildman–Crippen LogP) is 4.47. The molecule has 0 fully saturated rings. The molecule has 26 heavy (non-hydrogen) atoms. The Balaban J connectivity index is 2.36. The normalized spacial score (nSPS) is 11.6. The van der Waals surface area contributed by atoms with Gasteiger partial charge in [-0.05, 0) is 47.2 Å². The molecule has 140 valence electrons. The number of carboxylic acid groups (broad SMARTS) is 1. The molecule has 3 N–H and O–H groups in total. The lowest BCUT2D eigenvalue weighted by molar-refractivity contribution is -0.139. The molecule has 2 aromatic rings. The number of rotatable bonds is 6. The molecule has 0 atom stereocenters. The SMILES string of the molecule is CC(C)c1cc(Cc2ccc(OCC(=O)O)cc2C(F)(F)F)ccc1N. The smallest absolute Gasteiger partial charge is 0.416 e. The first-order valence-corrected chi connectivity index (χ1v) is 8.01. The van der Waals surface area contributed by atoms with Crippen LogP contribution in [0.2, 0.25) is 0 Å². The Morgan fingerprint density at radius 2 is 1.88 bits per heavy atom. The molecule has 0 radical (unpaired) electrons. The summed E-state index contributed by atoms with van der Waals surface area (Å²) in [5, 5.41) is 8.59. The highest BCUT2D eigenvalue weighted by Crippen LogP contribution is 2.36. The lowest BCUT2D eigenvalue weighted by Gasteiger charge is -2.16. The second-order valence-corrected chi connectivity index (χ2v) is 6.29. The van der Waals surface area contributed by atoms with E-state index in [4.69, 9.17) is 15.6 Å². The Morgan fingerprint density at radius 3 is 2.46 bits per heavy atom. The van der Waals surface area contributed by atoms with Crippen LogP contribution in [0.3, 0.4) is 0 Å². The Bertz CT molecular complexity index is 801. The summed E-state index contributed by atoms with van der Waals surface area (Å²) in [5.74, 6) is -1.24. The summed E-state index contributed by atoms with van der Waals surface area (Å²) >= 11 is 0. The van der Waals surface area contributed by atoms with E-state index >= 15 is 0 Å². The molecule has 0 aliphatic heterocycles. The number of hydrogen-bond donors (Lipinski definition) is 2. The standard InChI is InChI=1S/C19H20F3NO3/c1-11(2)15-8-12(3-6-17(15)23)7-13-4-5-14(26-10-18(24)25)9-16(13)19(20,21)22/h3-6,8-9,11H,7,10,23H2,1-2H3,(H,24,25). The van der Waals surface area contributed by atoms with Crippen molar-refractivity contribution in [1.29, 1.82) is 0 Å². The zero-order chi connectivity index (χ0) is 19.5. The summed E-state index contributed by atoms with van der Waals surface area (Å²) < 4.78 is 45.1. The fourth-order valence-corrected chi connectivity index (χ4v) is 2.66. The molecule has 2 rings (SSSR count). The second-order valence-electron chi connectivity index (χ2n) is 6.29. The second kappa shape index (κ2) is 7.68. The minimum Gasteiger partial charge on any atom is -0.482 e. The average Bonchev–Trinajstić information content (AvgIpc) is 2.54. The number of carbonyl (C=O) groups is 1. The number of carboxylic acids is 1.